The molecule has 0 aliphatic carbocycles. The van der Waals surface area contributed by atoms with E-state index in [0.29, 0.717) is 23.8 Å². The van der Waals surface area contributed by atoms with E-state index in [1.165, 1.54) is 5.56 Å². The van der Waals surface area contributed by atoms with Crippen LogP contribution in [0.25, 0.3) is 0 Å². The molecule has 0 saturated carbocycles. The highest BCUT2D eigenvalue weighted by molar-refractivity contribution is 7.92. The molecule has 1 atom stereocenters. The van der Waals surface area contributed by atoms with Crippen LogP contribution in [0.15, 0.2) is 48.5 Å². The van der Waals surface area contributed by atoms with Crippen LogP contribution in [0.2, 0.25) is 5.02 Å². The normalized spacial score (nSPS) is 15.3. The third-order valence-corrected chi connectivity index (χ3v) is 6.08. The van der Waals surface area contributed by atoms with Gasteiger partial charge >= 0.3 is 0 Å². The molecule has 0 radical (unpaired) electrons. The highest BCUT2D eigenvalue weighted by Gasteiger charge is 2.33. The molecule has 0 saturated heterocycles. The summed E-state index contributed by atoms with van der Waals surface area (Å²) in [6, 6.07) is 13.6. The van der Waals surface area contributed by atoms with Gasteiger partial charge < -0.3 is 4.90 Å². The monoisotopic (exact) mass is 392 g/mol. The van der Waals surface area contributed by atoms with Gasteiger partial charge in [0.2, 0.25) is 15.9 Å². The maximum atomic E-state index is 13.0. The number of halogens is 1. The summed E-state index contributed by atoms with van der Waals surface area (Å²) in [5.41, 5.74) is 2.77. The molecule has 0 bridgehead atoms. The Balaban J connectivity index is 1.86. The summed E-state index contributed by atoms with van der Waals surface area (Å²) >= 11 is 5.90. The number of rotatable bonds is 4. The minimum absolute atomic E-state index is 0.208. The van der Waals surface area contributed by atoms with E-state index in [0.717, 1.165) is 22.5 Å². The highest BCUT2D eigenvalue weighted by Crippen LogP contribution is 2.25. The summed E-state index contributed by atoms with van der Waals surface area (Å²) in [5.74, 6) is -0.208. The van der Waals surface area contributed by atoms with Gasteiger partial charge in [-0.1, -0.05) is 35.9 Å². The molecule has 1 heterocycles. The molecule has 1 unspecified atom stereocenters. The van der Waals surface area contributed by atoms with Crippen molar-refractivity contribution in [1.29, 1.82) is 0 Å². The number of sulfonamides is 1. The second-order valence-electron chi connectivity index (χ2n) is 6.49. The molecule has 0 spiro atoms. The largest absolute Gasteiger partial charge is 0.336 e. The lowest BCUT2D eigenvalue weighted by atomic mass is 9.99. The SMILES string of the molecule is CC(C(=O)N1CCc2ccccc2C1)N(c1ccc(Cl)cc1)S(C)(=O)=O. The van der Waals surface area contributed by atoms with Gasteiger partial charge in [0.05, 0.1) is 11.9 Å². The van der Waals surface area contributed by atoms with E-state index >= 15 is 0 Å². The Hall–Kier alpha value is -2.05. The van der Waals surface area contributed by atoms with Gasteiger partial charge in [-0.05, 0) is 48.7 Å². The van der Waals surface area contributed by atoms with Crippen LogP contribution in [-0.4, -0.2) is 38.1 Å². The highest BCUT2D eigenvalue weighted by atomic mass is 35.5. The second-order valence-corrected chi connectivity index (χ2v) is 8.79. The van der Waals surface area contributed by atoms with E-state index in [9.17, 15) is 13.2 Å². The fraction of sp³-hybridized carbons (Fsp3) is 0.316. The lowest BCUT2D eigenvalue weighted by molar-refractivity contribution is -0.132. The number of fused-ring (bicyclic) bond motifs is 1. The zero-order valence-electron chi connectivity index (χ0n) is 14.7. The first-order valence-electron chi connectivity index (χ1n) is 8.38. The third kappa shape index (κ3) is 3.86. The topological polar surface area (TPSA) is 57.7 Å². The lowest BCUT2D eigenvalue weighted by Gasteiger charge is -2.35. The molecule has 0 N–H and O–H groups in total. The summed E-state index contributed by atoms with van der Waals surface area (Å²) in [7, 11) is -3.63. The van der Waals surface area contributed by atoms with Crippen LogP contribution in [0.1, 0.15) is 18.1 Å². The number of anilines is 1. The summed E-state index contributed by atoms with van der Waals surface area (Å²) < 4.78 is 25.9. The number of carbonyl (C=O) groups is 1. The zero-order chi connectivity index (χ0) is 18.9. The molecule has 1 amide bonds. The van der Waals surface area contributed by atoms with Crippen LogP contribution < -0.4 is 4.31 Å². The smallest absolute Gasteiger partial charge is 0.246 e. The number of benzene rings is 2. The van der Waals surface area contributed by atoms with Gasteiger partial charge in [0.25, 0.3) is 0 Å². The molecule has 7 heteroatoms. The van der Waals surface area contributed by atoms with E-state index in [-0.39, 0.29) is 5.91 Å². The third-order valence-electron chi connectivity index (χ3n) is 4.59. The molecule has 3 rings (SSSR count). The Morgan fingerprint density at radius 3 is 2.35 bits per heavy atom. The standard InChI is InChI=1S/C19H21ClN2O3S/c1-14(22(26(2,24)25)18-9-7-17(20)8-10-18)19(23)21-12-11-15-5-3-4-6-16(15)13-21/h3-10,14H,11-13H2,1-2H3. The number of hydrogen-bond acceptors (Lipinski definition) is 3. The van der Waals surface area contributed by atoms with Gasteiger partial charge in [-0.15, -0.1) is 0 Å². The first-order chi connectivity index (χ1) is 12.3. The molecule has 1 aliphatic heterocycles. The van der Waals surface area contributed by atoms with E-state index in [1.807, 2.05) is 18.2 Å². The van der Waals surface area contributed by atoms with Crippen LogP contribution in [0, 0.1) is 0 Å². The molecule has 0 fully saturated rings. The van der Waals surface area contributed by atoms with Crippen molar-refractivity contribution in [1.82, 2.24) is 4.90 Å². The van der Waals surface area contributed by atoms with Gasteiger partial charge in [-0.3, -0.25) is 9.10 Å². The van der Waals surface area contributed by atoms with Crippen LogP contribution in [0.3, 0.4) is 0 Å². The summed E-state index contributed by atoms with van der Waals surface area (Å²) in [5, 5.41) is 0.508. The van der Waals surface area contributed by atoms with Crippen molar-refractivity contribution in [2.24, 2.45) is 0 Å². The fourth-order valence-corrected chi connectivity index (χ4v) is 4.63. The number of nitrogens with zero attached hydrogens (tertiary/aromatic N) is 2. The quantitative estimate of drug-likeness (QED) is 0.803. The van der Waals surface area contributed by atoms with Crippen molar-refractivity contribution in [3.63, 3.8) is 0 Å². The summed E-state index contributed by atoms with van der Waals surface area (Å²) in [6.07, 6.45) is 1.88. The number of amides is 1. The average molecular weight is 393 g/mol. The van der Waals surface area contributed by atoms with Gasteiger partial charge in [0, 0.05) is 18.1 Å². The number of carbonyl (C=O) groups excluding carboxylic acids is 1. The van der Waals surface area contributed by atoms with E-state index in [1.54, 1.807) is 36.1 Å². The maximum Gasteiger partial charge on any atom is 0.246 e. The van der Waals surface area contributed by atoms with Crippen molar-refractivity contribution in [2.45, 2.75) is 25.9 Å². The molecule has 1 aliphatic rings. The summed E-state index contributed by atoms with van der Waals surface area (Å²) in [6.45, 7) is 2.70. The van der Waals surface area contributed by atoms with E-state index in [2.05, 4.69) is 6.07 Å². The zero-order valence-corrected chi connectivity index (χ0v) is 16.3. The second kappa shape index (κ2) is 7.29. The van der Waals surface area contributed by atoms with Gasteiger partial charge in [-0.25, -0.2) is 8.42 Å². The number of hydrogen-bond donors (Lipinski definition) is 0. The van der Waals surface area contributed by atoms with Crippen LogP contribution >= 0.6 is 11.6 Å². The van der Waals surface area contributed by atoms with E-state index < -0.39 is 16.1 Å². The van der Waals surface area contributed by atoms with E-state index in [4.69, 9.17) is 11.6 Å². The molecule has 2 aromatic rings. The van der Waals surface area contributed by atoms with Crippen molar-refractivity contribution >= 4 is 33.2 Å². The molecule has 0 aromatic heterocycles. The Morgan fingerprint density at radius 2 is 1.73 bits per heavy atom. The Kier molecular flexibility index (Phi) is 5.25. The molecule has 5 nitrogen and oxygen atoms in total. The first kappa shape index (κ1) is 18.7. The molecular formula is C19H21ClN2O3S. The molecule has 138 valence electrons. The fourth-order valence-electron chi connectivity index (χ4n) is 3.34. The minimum atomic E-state index is -3.63. The predicted molar refractivity (Wildman–Crippen MR) is 104 cm³/mol. The van der Waals surface area contributed by atoms with Gasteiger partial charge in [0.1, 0.15) is 6.04 Å². The summed E-state index contributed by atoms with van der Waals surface area (Å²) in [4.78, 5) is 14.8. The van der Waals surface area contributed by atoms with Crippen molar-refractivity contribution in [2.75, 3.05) is 17.1 Å². The van der Waals surface area contributed by atoms with Crippen molar-refractivity contribution in [3.8, 4) is 0 Å². The molecular weight excluding hydrogens is 372 g/mol. The van der Waals surface area contributed by atoms with Crippen LogP contribution in [0.5, 0.6) is 0 Å². The van der Waals surface area contributed by atoms with Gasteiger partial charge in [-0.2, -0.15) is 0 Å². The Bertz CT molecular complexity index is 913. The molecule has 2 aromatic carbocycles. The average Bonchev–Trinajstić information content (AvgIpc) is 2.61. The van der Waals surface area contributed by atoms with Crippen LogP contribution in [-0.2, 0) is 27.8 Å². The predicted octanol–water partition coefficient (Wildman–Crippen LogP) is 3.08. The van der Waals surface area contributed by atoms with Crippen molar-refractivity contribution < 1.29 is 13.2 Å². The van der Waals surface area contributed by atoms with Crippen molar-refractivity contribution in [3.05, 3.63) is 64.7 Å². The lowest BCUT2D eigenvalue weighted by Crippen LogP contribution is -2.50. The maximum absolute atomic E-state index is 13.0. The molecule has 26 heavy (non-hydrogen) atoms. The Labute approximate surface area is 159 Å². The minimum Gasteiger partial charge on any atom is -0.336 e. The Morgan fingerprint density at radius 1 is 1.12 bits per heavy atom. The van der Waals surface area contributed by atoms with Gasteiger partial charge in [0.15, 0.2) is 0 Å². The van der Waals surface area contributed by atoms with Crippen LogP contribution in [0.4, 0.5) is 5.69 Å². The first-order valence-corrected chi connectivity index (χ1v) is 10.6.